The number of hydrogen-bond acceptors (Lipinski definition) is 3. The van der Waals surface area contributed by atoms with E-state index < -0.39 is 0 Å². The zero-order chi connectivity index (χ0) is 18.2. The highest BCUT2D eigenvalue weighted by Crippen LogP contribution is 2.23. The van der Waals surface area contributed by atoms with Gasteiger partial charge >= 0.3 is 6.03 Å². The van der Waals surface area contributed by atoms with Crippen molar-refractivity contribution >= 4 is 29.2 Å². The minimum absolute atomic E-state index is 0.209. The molecule has 0 unspecified atom stereocenters. The molecule has 0 heterocycles. The van der Waals surface area contributed by atoms with Crippen LogP contribution in [-0.2, 0) is 4.74 Å². The van der Waals surface area contributed by atoms with E-state index in [0.29, 0.717) is 35.3 Å². The van der Waals surface area contributed by atoms with Crippen LogP contribution in [0.5, 0.6) is 0 Å². The van der Waals surface area contributed by atoms with E-state index in [1.165, 1.54) is 0 Å². The first-order valence-electron chi connectivity index (χ1n) is 8.68. The maximum absolute atomic E-state index is 12.1. The molecule has 3 N–H and O–H groups in total. The van der Waals surface area contributed by atoms with Crippen LogP contribution in [0.1, 0.15) is 43.5 Å². The van der Waals surface area contributed by atoms with Gasteiger partial charge in [-0.25, -0.2) is 4.79 Å². The summed E-state index contributed by atoms with van der Waals surface area (Å²) in [6.45, 7) is 6.05. The van der Waals surface area contributed by atoms with Crippen LogP contribution in [0.2, 0.25) is 5.02 Å². The second-order valence-electron chi connectivity index (χ2n) is 6.65. The smallest absolute Gasteiger partial charge is 0.319 e. The van der Waals surface area contributed by atoms with Gasteiger partial charge in [0.2, 0.25) is 0 Å². The molecule has 0 aromatic heterocycles. The van der Waals surface area contributed by atoms with Crippen LogP contribution < -0.4 is 16.0 Å². The number of benzene rings is 1. The van der Waals surface area contributed by atoms with E-state index in [-0.39, 0.29) is 18.0 Å². The van der Waals surface area contributed by atoms with Gasteiger partial charge in [0.25, 0.3) is 5.91 Å². The number of nitrogens with one attached hydrogen (secondary N) is 3. The summed E-state index contributed by atoms with van der Waals surface area (Å²) < 4.78 is 5.46. The van der Waals surface area contributed by atoms with E-state index in [2.05, 4.69) is 29.8 Å². The topological polar surface area (TPSA) is 79.5 Å². The van der Waals surface area contributed by atoms with Crippen molar-refractivity contribution in [2.75, 3.05) is 25.1 Å². The summed E-state index contributed by atoms with van der Waals surface area (Å²) in [5.74, 6) is 0.298. The van der Waals surface area contributed by atoms with Crippen LogP contribution >= 0.6 is 11.6 Å². The Morgan fingerprint density at radius 2 is 2.08 bits per heavy atom. The molecule has 138 valence electrons. The highest BCUT2D eigenvalue weighted by Gasteiger charge is 2.24. The SMILES string of the molecule is CC(C)COCCCNC(=O)Nc1ccc(Cl)c(C(=O)NC2CC2)c1. The van der Waals surface area contributed by atoms with Crippen molar-refractivity contribution in [3.63, 3.8) is 0 Å². The minimum atomic E-state index is -0.320. The standard InChI is InChI=1S/C18H26ClN3O3/c1-12(2)11-25-9-3-8-20-18(24)22-14-6-7-16(19)15(10-14)17(23)21-13-4-5-13/h6-7,10,12-13H,3-5,8-9,11H2,1-2H3,(H,21,23)(H2,20,22,24). The lowest BCUT2D eigenvalue weighted by molar-refractivity contribution is 0.0951. The summed E-state index contributed by atoms with van der Waals surface area (Å²) in [7, 11) is 0. The third kappa shape index (κ3) is 7.32. The van der Waals surface area contributed by atoms with Crippen molar-refractivity contribution in [3.05, 3.63) is 28.8 Å². The molecule has 0 aliphatic heterocycles. The quantitative estimate of drug-likeness (QED) is 0.585. The van der Waals surface area contributed by atoms with Crippen LogP contribution in [0, 0.1) is 5.92 Å². The molecule has 1 aliphatic carbocycles. The Labute approximate surface area is 153 Å². The number of rotatable bonds is 9. The normalized spacial score (nSPS) is 13.6. The average molecular weight is 368 g/mol. The first kappa shape index (κ1) is 19.5. The molecule has 1 aromatic rings. The molecule has 6 nitrogen and oxygen atoms in total. The van der Waals surface area contributed by atoms with Crippen LogP contribution in [-0.4, -0.2) is 37.7 Å². The second-order valence-corrected chi connectivity index (χ2v) is 7.05. The zero-order valence-electron chi connectivity index (χ0n) is 14.7. The van der Waals surface area contributed by atoms with E-state index in [1.807, 2.05) is 0 Å². The Hall–Kier alpha value is -1.79. The third-order valence-electron chi connectivity index (χ3n) is 3.58. The third-order valence-corrected chi connectivity index (χ3v) is 3.91. The predicted octanol–water partition coefficient (Wildman–Crippen LogP) is 3.42. The summed E-state index contributed by atoms with van der Waals surface area (Å²) in [5.41, 5.74) is 0.896. The van der Waals surface area contributed by atoms with Crippen LogP contribution in [0.3, 0.4) is 0 Å². The molecular formula is C18H26ClN3O3. The molecule has 0 bridgehead atoms. The largest absolute Gasteiger partial charge is 0.381 e. The first-order valence-corrected chi connectivity index (χ1v) is 9.06. The van der Waals surface area contributed by atoms with Crippen molar-refractivity contribution in [2.45, 2.75) is 39.2 Å². The van der Waals surface area contributed by atoms with E-state index >= 15 is 0 Å². The summed E-state index contributed by atoms with van der Waals surface area (Å²) in [6, 6.07) is 4.80. The lowest BCUT2D eigenvalue weighted by Gasteiger charge is -2.11. The molecule has 7 heteroatoms. The molecule has 2 rings (SSSR count). The van der Waals surface area contributed by atoms with E-state index in [0.717, 1.165) is 25.9 Å². The molecule has 25 heavy (non-hydrogen) atoms. The zero-order valence-corrected chi connectivity index (χ0v) is 15.5. The summed E-state index contributed by atoms with van der Waals surface area (Å²) in [5, 5.41) is 8.73. The van der Waals surface area contributed by atoms with Gasteiger partial charge in [0.1, 0.15) is 0 Å². The van der Waals surface area contributed by atoms with Gasteiger partial charge in [-0.05, 0) is 43.4 Å². The summed E-state index contributed by atoms with van der Waals surface area (Å²) >= 11 is 6.08. The Morgan fingerprint density at radius 1 is 1.32 bits per heavy atom. The minimum Gasteiger partial charge on any atom is -0.381 e. The van der Waals surface area contributed by atoms with Gasteiger partial charge in [-0.3, -0.25) is 4.79 Å². The number of carbonyl (C=O) groups excluding carboxylic acids is 2. The Balaban J connectivity index is 1.75. The van der Waals surface area contributed by atoms with Gasteiger partial charge in [0.15, 0.2) is 0 Å². The molecule has 0 saturated heterocycles. The van der Waals surface area contributed by atoms with Crippen LogP contribution in [0.4, 0.5) is 10.5 Å². The number of hydrogen-bond donors (Lipinski definition) is 3. The number of anilines is 1. The number of carbonyl (C=O) groups is 2. The number of ether oxygens (including phenoxy) is 1. The number of amides is 3. The Kier molecular flexibility index (Phi) is 7.52. The van der Waals surface area contributed by atoms with Crippen molar-refractivity contribution in [2.24, 2.45) is 5.92 Å². The van der Waals surface area contributed by atoms with Crippen LogP contribution in [0.25, 0.3) is 0 Å². The molecule has 3 amide bonds. The molecule has 1 saturated carbocycles. The molecule has 1 fully saturated rings. The van der Waals surface area contributed by atoms with Gasteiger partial charge in [-0.1, -0.05) is 25.4 Å². The maximum Gasteiger partial charge on any atom is 0.319 e. The lowest BCUT2D eigenvalue weighted by Crippen LogP contribution is -2.30. The van der Waals surface area contributed by atoms with Crippen LogP contribution in [0.15, 0.2) is 18.2 Å². The fourth-order valence-corrected chi connectivity index (χ4v) is 2.34. The van der Waals surface area contributed by atoms with Crippen molar-refractivity contribution in [1.82, 2.24) is 10.6 Å². The van der Waals surface area contributed by atoms with Gasteiger partial charge in [0, 0.05) is 31.5 Å². The van der Waals surface area contributed by atoms with E-state index in [1.54, 1.807) is 18.2 Å². The van der Waals surface area contributed by atoms with Crippen molar-refractivity contribution < 1.29 is 14.3 Å². The molecule has 1 aliphatic rings. The monoisotopic (exact) mass is 367 g/mol. The van der Waals surface area contributed by atoms with E-state index in [9.17, 15) is 9.59 Å². The lowest BCUT2D eigenvalue weighted by atomic mass is 10.2. The molecule has 0 atom stereocenters. The van der Waals surface area contributed by atoms with Gasteiger partial charge in [0.05, 0.1) is 10.6 Å². The predicted molar refractivity (Wildman–Crippen MR) is 99.2 cm³/mol. The first-order chi connectivity index (χ1) is 12.0. The van der Waals surface area contributed by atoms with Crippen molar-refractivity contribution in [1.29, 1.82) is 0 Å². The number of urea groups is 1. The highest BCUT2D eigenvalue weighted by molar-refractivity contribution is 6.34. The maximum atomic E-state index is 12.1. The number of halogens is 1. The van der Waals surface area contributed by atoms with Gasteiger partial charge in [-0.15, -0.1) is 0 Å². The molecule has 1 aromatic carbocycles. The fourth-order valence-electron chi connectivity index (χ4n) is 2.14. The molecule has 0 spiro atoms. The van der Waals surface area contributed by atoms with E-state index in [4.69, 9.17) is 16.3 Å². The average Bonchev–Trinajstić information content (AvgIpc) is 3.36. The van der Waals surface area contributed by atoms with Crippen molar-refractivity contribution in [3.8, 4) is 0 Å². The summed E-state index contributed by atoms with van der Waals surface area (Å²) in [6.07, 6.45) is 2.75. The van der Waals surface area contributed by atoms with Gasteiger partial charge < -0.3 is 20.7 Å². The summed E-state index contributed by atoms with van der Waals surface area (Å²) in [4.78, 5) is 24.0. The second kappa shape index (κ2) is 9.63. The highest BCUT2D eigenvalue weighted by atomic mass is 35.5. The fraction of sp³-hybridized carbons (Fsp3) is 0.556. The molecular weight excluding hydrogens is 342 g/mol. The Bertz CT molecular complexity index is 603. The molecule has 0 radical (unpaired) electrons. The Morgan fingerprint density at radius 3 is 2.76 bits per heavy atom. The van der Waals surface area contributed by atoms with Gasteiger partial charge in [-0.2, -0.15) is 0 Å².